The molecule has 0 aliphatic heterocycles. The molecule has 10 nitrogen and oxygen atoms in total. The van der Waals surface area contributed by atoms with Crippen LogP contribution in [0.4, 0.5) is 17.1 Å². The van der Waals surface area contributed by atoms with E-state index in [1.165, 1.54) is 12.1 Å². The number of para-hydroxylation sites is 2. The third-order valence-electron chi connectivity index (χ3n) is 6.29. The molecule has 0 radical (unpaired) electrons. The number of benzene rings is 3. The second-order valence-electron chi connectivity index (χ2n) is 8.03. The third-order valence-corrected chi connectivity index (χ3v) is 6.83. The average Bonchev–Trinajstić information content (AvgIpc) is 3.29. The molecule has 0 bridgehead atoms. The molecule has 4 aromatic rings. The quantitative estimate of drug-likeness (QED) is 0.304. The predicted octanol–water partition coefficient (Wildman–Crippen LogP) is 5.03. The number of hydrogen-bond donors (Lipinski definition) is 1. The first-order chi connectivity index (χ1) is 16.5. The highest BCUT2D eigenvalue weighted by molar-refractivity contribution is 7.00. The Bertz CT molecular complexity index is 1370. The smallest absolute Gasteiger partial charge is 0.272 e. The lowest BCUT2D eigenvalue weighted by Gasteiger charge is -2.43. The van der Waals surface area contributed by atoms with Crippen molar-refractivity contribution in [3.05, 3.63) is 98.1 Å². The first kappa shape index (κ1) is 21.6. The summed E-state index contributed by atoms with van der Waals surface area (Å²) in [5, 5.41) is 26.2. The monoisotopic (exact) mass is 475 g/mol. The number of fused-ring (bicyclic) bond motifs is 1. The number of carbonyl (C=O) groups excluding carboxylic acids is 1. The summed E-state index contributed by atoms with van der Waals surface area (Å²) in [6.45, 7) is 0. The Morgan fingerprint density at radius 1 is 0.853 bits per heavy atom. The number of nitro benzene ring substituents is 2. The lowest BCUT2D eigenvalue weighted by Crippen LogP contribution is -2.42. The Kier molecular flexibility index (Phi) is 5.46. The summed E-state index contributed by atoms with van der Waals surface area (Å²) < 4.78 is 8.42. The molecule has 1 aliphatic carbocycles. The molecule has 1 aliphatic rings. The highest BCUT2D eigenvalue weighted by Crippen LogP contribution is 2.56. The van der Waals surface area contributed by atoms with Gasteiger partial charge in [-0.15, -0.1) is 0 Å². The maximum absolute atomic E-state index is 13.6. The van der Waals surface area contributed by atoms with Gasteiger partial charge >= 0.3 is 0 Å². The summed E-state index contributed by atoms with van der Waals surface area (Å²) in [5.41, 5.74) is 2.40. The summed E-state index contributed by atoms with van der Waals surface area (Å²) in [5.74, 6) is -2.07. The van der Waals surface area contributed by atoms with Gasteiger partial charge in [-0.3, -0.25) is 25.0 Å². The number of hydrogen-bond acceptors (Lipinski definition) is 8. The van der Waals surface area contributed by atoms with Gasteiger partial charge < -0.3 is 5.32 Å². The van der Waals surface area contributed by atoms with E-state index >= 15 is 0 Å². The Morgan fingerprint density at radius 2 is 1.44 bits per heavy atom. The van der Waals surface area contributed by atoms with Gasteiger partial charge in [-0.2, -0.15) is 8.75 Å². The van der Waals surface area contributed by atoms with Crippen molar-refractivity contribution in [2.45, 2.75) is 18.3 Å². The first-order valence-electron chi connectivity index (χ1n) is 10.4. The lowest BCUT2D eigenvalue weighted by atomic mass is 9.59. The molecule has 3 aromatic carbocycles. The van der Waals surface area contributed by atoms with Gasteiger partial charge in [-0.05, 0) is 18.6 Å². The Morgan fingerprint density at radius 3 is 2.03 bits per heavy atom. The molecule has 34 heavy (non-hydrogen) atoms. The average molecular weight is 475 g/mol. The number of amides is 1. The molecule has 0 saturated heterocycles. The zero-order chi connectivity index (χ0) is 23.8. The van der Waals surface area contributed by atoms with Crippen molar-refractivity contribution < 1.29 is 14.6 Å². The van der Waals surface area contributed by atoms with Crippen molar-refractivity contribution in [1.82, 2.24) is 8.75 Å². The van der Waals surface area contributed by atoms with Gasteiger partial charge in [0.2, 0.25) is 5.91 Å². The minimum atomic E-state index is -0.746. The van der Waals surface area contributed by atoms with Gasteiger partial charge in [-0.25, -0.2) is 0 Å². The standard InChI is InChI=1S/C23H17N5O5S/c29-23(24-17-8-5-9-18-22(17)26-34-25-18)21-15(13-6-1-3-10-19(13)27(30)31)12-16(21)14-7-2-4-11-20(14)28(32)33/h1-11,15-16,21H,12H2,(H,24,29). The van der Waals surface area contributed by atoms with E-state index in [1.54, 1.807) is 54.6 Å². The number of nitrogens with zero attached hydrogens (tertiary/aromatic N) is 4. The molecule has 5 rings (SSSR count). The SMILES string of the molecule is O=C(Nc1cccc2nsnc12)C1C(c2ccccc2[N+](=O)[O-])CC1c1ccccc1[N+](=O)[O-]. The Labute approximate surface area is 196 Å². The van der Waals surface area contributed by atoms with Crippen LogP contribution in [0.5, 0.6) is 0 Å². The van der Waals surface area contributed by atoms with Gasteiger partial charge in [0, 0.05) is 35.1 Å². The number of nitro groups is 2. The van der Waals surface area contributed by atoms with E-state index in [9.17, 15) is 25.0 Å². The van der Waals surface area contributed by atoms with Crippen LogP contribution in [-0.2, 0) is 4.79 Å². The molecule has 1 fully saturated rings. The molecular formula is C23H17N5O5S. The van der Waals surface area contributed by atoms with E-state index in [0.717, 1.165) is 11.7 Å². The molecule has 1 aromatic heterocycles. The fraction of sp³-hybridized carbons (Fsp3) is 0.174. The maximum atomic E-state index is 13.6. The van der Waals surface area contributed by atoms with Crippen LogP contribution in [0, 0.1) is 26.1 Å². The summed E-state index contributed by atoms with van der Waals surface area (Å²) in [6.07, 6.45) is 0.371. The zero-order valence-corrected chi connectivity index (χ0v) is 18.3. The fourth-order valence-electron chi connectivity index (χ4n) is 4.72. The van der Waals surface area contributed by atoms with Crippen LogP contribution in [0.1, 0.15) is 29.4 Å². The summed E-state index contributed by atoms with van der Waals surface area (Å²) in [7, 11) is 0. The van der Waals surface area contributed by atoms with Gasteiger partial charge in [0.15, 0.2) is 0 Å². The minimum Gasteiger partial charge on any atom is -0.324 e. The highest BCUT2D eigenvalue weighted by atomic mass is 32.1. The van der Waals surface area contributed by atoms with Gasteiger partial charge in [0.25, 0.3) is 11.4 Å². The normalized spacial score (nSPS) is 19.4. The number of aromatic nitrogens is 2. The number of carbonyl (C=O) groups is 1. The third kappa shape index (κ3) is 3.65. The van der Waals surface area contributed by atoms with Crippen LogP contribution >= 0.6 is 11.7 Å². The van der Waals surface area contributed by atoms with Crippen LogP contribution in [0.3, 0.4) is 0 Å². The van der Waals surface area contributed by atoms with Crippen LogP contribution < -0.4 is 5.32 Å². The molecule has 0 spiro atoms. The number of rotatable bonds is 6. The van der Waals surface area contributed by atoms with E-state index in [-0.39, 0.29) is 17.3 Å². The molecule has 2 unspecified atom stereocenters. The van der Waals surface area contributed by atoms with Gasteiger partial charge in [-0.1, -0.05) is 42.5 Å². The lowest BCUT2D eigenvalue weighted by molar-refractivity contribution is -0.386. The number of nitrogens with one attached hydrogen (secondary N) is 1. The van der Waals surface area contributed by atoms with Gasteiger partial charge in [0.05, 0.1) is 33.2 Å². The van der Waals surface area contributed by atoms with Crippen molar-refractivity contribution in [3.63, 3.8) is 0 Å². The predicted molar refractivity (Wildman–Crippen MR) is 126 cm³/mol. The fourth-order valence-corrected chi connectivity index (χ4v) is 5.27. The molecule has 11 heteroatoms. The molecule has 170 valence electrons. The first-order valence-corrected chi connectivity index (χ1v) is 11.2. The topological polar surface area (TPSA) is 141 Å². The summed E-state index contributed by atoms with van der Waals surface area (Å²) >= 11 is 1.03. The van der Waals surface area contributed by atoms with Crippen molar-refractivity contribution in [2.75, 3.05) is 5.32 Å². The zero-order valence-electron chi connectivity index (χ0n) is 17.5. The number of anilines is 1. The Balaban J connectivity index is 1.56. The van der Waals surface area contributed by atoms with Gasteiger partial charge in [0.1, 0.15) is 11.0 Å². The molecule has 1 N–H and O–H groups in total. The van der Waals surface area contributed by atoms with Crippen molar-refractivity contribution in [2.24, 2.45) is 5.92 Å². The van der Waals surface area contributed by atoms with E-state index in [0.29, 0.717) is 34.3 Å². The summed E-state index contributed by atoms with van der Waals surface area (Å²) in [6, 6.07) is 17.9. The highest BCUT2D eigenvalue weighted by Gasteiger charge is 2.50. The van der Waals surface area contributed by atoms with Crippen LogP contribution in [-0.4, -0.2) is 24.5 Å². The van der Waals surface area contributed by atoms with E-state index in [2.05, 4.69) is 14.1 Å². The van der Waals surface area contributed by atoms with Crippen molar-refractivity contribution in [1.29, 1.82) is 0 Å². The maximum Gasteiger partial charge on any atom is 0.272 e. The van der Waals surface area contributed by atoms with Crippen molar-refractivity contribution in [3.8, 4) is 0 Å². The van der Waals surface area contributed by atoms with Crippen LogP contribution in [0.15, 0.2) is 66.7 Å². The summed E-state index contributed by atoms with van der Waals surface area (Å²) in [4.78, 5) is 36.0. The minimum absolute atomic E-state index is 0.0721. The molecule has 1 amide bonds. The molecular weight excluding hydrogens is 458 g/mol. The molecule has 2 atom stereocenters. The van der Waals surface area contributed by atoms with Crippen LogP contribution in [0.25, 0.3) is 11.0 Å². The van der Waals surface area contributed by atoms with E-state index in [4.69, 9.17) is 0 Å². The van der Waals surface area contributed by atoms with Crippen molar-refractivity contribution >= 4 is 45.7 Å². The second-order valence-corrected chi connectivity index (χ2v) is 8.56. The van der Waals surface area contributed by atoms with E-state index < -0.39 is 27.6 Å². The molecule has 1 saturated carbocycles. The molecule has 1 heterocycles. The largest absolute Gasteiger partial charge is 0.324 e. The Hall–Kier alpha value is -4.25. The second kappa shape index (κ2) is 8.60. The van der Waals surface area contributed by atoms with E-state index in [1.807, 2.05) is 0 Å². The van der Waals surface area contributed by atoms with Crippen LogP contribution in [0.2, 0.25) is 0 Å².